The number of hydrogen-bond donors (Lipinski definition) is 1. The van der Waals surface area contributed by atoms with Gasteiger partial charge in [-0.15, -0.1) is 5.10 Å². The molecule has 0 bridgehead atoms. The molecule has 1 unspecified atom stereocenters. The third kappa shape index (κ3) is 3.63. The van der Waals surface area contributed by atoms with Crippen LogP contribution in [0.2, 0.25) is 0 Å². The summed E-state index contributed by atoms with van der Waals surface area (Å²) < 4.78 is 42.3. The van der Waals surface area contributed by atoms with Gasteiger partial charge in [0.15, 0.2) is 5.65 Å². The van der Waals surface area contributed by atoms with Gasteiger partial charge in [-0.3, -0.25) is 9.55 Å². The highest BCUT2D eigenvalue weighted by Crippen LogP contribution is 2.35. The number of nitrogens with zero attached hydrogens (tertiary/aromatic N) is 6. The van der Waals surface area contributed by atoms with Crippen LogP contribution in [0, 0.1) is 11.6 Å². The van der Waals surface area contributed by atoms with Gasteiger partial charge in [0, 0.05) is 29.1 Å². The maximum absolute atomic E-state index is 14.6. The van der Waals surface area contributed by atoms with E-state index in [0.29, 0.717) is 16.6 Å². The van der Waals surface area contributed by atoms with E-state index >= 15 is 0 Å². The highest BCUT2D eigenvalue weighted by Gasteiger charge is 2.18. The Morgan fingerprint density at radius 2 is 1.94 bits per heavy atom. The maximum Gasteiger partial charge on any atom is 0.226 e. The van der Waals surface area contributed by atoms with Crippen LogP contribution in [0.1, 0.15) is 5.56 Å². The van der Waals surface area contributed by atoms with Gasteiger partial charge in [0.2, 0.25) is 13.0 Å². The van der Waals surface area contributed by atoms with Crippen LogP contribution in [0.25, 0.3) is 33.5 Å². The molecule has 0 saturated heterocycles. The second kappa shape index (κ2) is 7.51. The fraction of sp³-hybridized carbons (Fsp3) is 0.0952. The van der Waals surface area contributed by atoms with Gasteiger partial charge in [-0.2, -0.15) is 0 Å². The quantitative estimate of drug-likeness (QED) is 0.417. The topological polar surface area (TPSA) is 107 Å². The molecule has 160 valence electrons. The van der Waals surface area contributed by atoms with Crippen LogP contribution >= 0.6 is 7.37 Å². The molecule has 11 heteroatoms. The van der Waals surface area contributed by atoms with Gasteiger partial charge in [-0.1, -0.05) is 11.3 Å². The SMILES string of the molecule is CP(=O)(O)c1ccc(-c2cnc3nnn(Cc4cc(F)c5ncccc5c4)c3n2)c(F)c1. The van der Waals surface area contributed by atoms with Gasteiger partial charge in [0.05, 0.1) is 18.4 Å². The standard InChI is InChI=1S/C21H15F2N6O2P/c1-32(30,31)14-4-5-15(16(22)9-14)18-10-25-20-21(26-18)29(28-27-20)11-12-7-13-3-2-6-24-19(13)17(23)8-12/h2-10H,11H2,1H3,(H,30,31). The molecule has 0 aliphatic heterocycles. The van der Waals surface area contributed by atoms with Gasteiger partial charge < -0.3 is 4.89 Å². The van der Waals surface area contributed by atoms with Gasteiger partial charge in [-0.25, -0.2) is 23.4 Å². The van der Waals surface area contributed by atoms with E-state index in [0.717, 1.165) is 12.7 Å². The lowest BCUT2D eigenvalue weighted by Gasteiger charge is -2.09. The minimum absolute atomic E-state index is 0.00677. The van der Waals surface area contributed by atoms with Crippen molar-refractivity contribution in [2.24, 2.45) is 0 Å². The number of aromatic nitrogens is 6. The Kier molecular flexibility index (Phi) is 4.76. The lowest BCUT2D eigenvalue weighted by atomic mass is 10.1. The molecule has 3 heterocycles. The molecular formula is C21H15F2N6O2P. The fourth-order valence-corrected chi connectivity index (χ4v) is 4.14. The molecule has 8 nitrogen and oxygen atoms in total. The van der Waals surface area contributed by atoms with Gasteiger partial charge >= 0.3 is 0 Å². The predicted octanol–water partition coefficient (Wildman–Crippen LogP) is 3.29. The van der Waals surface area contributed by atoms with Crippen LogP contribution in [-0.2, 0) is 11.1 Å². The first-order valence-corrected chi connectivity index (χ1v) is 11.6. The van der Waals surface area contributed by atoms with Crippen molar-refractivity contribution >= 4 is 34.9 Å². The summed E-state index contributed by atoms with van der Waals surface area (Å²) in [6.07, 6.45) is 2.88. The van der Waals surface area contributed by atoms with Crippen molar-refractivity contribution in [1.82, 2.24) is 29.9 Å². The molecule has 0 fully saturated rings. The molecule has 0 saturated carbocycles. The number of rotatable bonds is 4. The minimum atomic E-state index is -3.59. The monoisotopic (exact) mass is 452 g/mol. The Balaban J connectivity index is 1.55. The predicted molar refractivity (Wildman–Crippen MR) is 115 cm³/mol. The van der Waals surface area contributed by atoms with Crippen molar-refractivity contribution in [2.45, 2.75) is 6.54 Å². The van der Waals surface area contributed by atoms with Crippen LogP contribution in [-0.4, -0.2) is 41.5 Å². The van der Waals surface area contributed by atoms with Gasteiger partial charge in [0.25, 0.3) is 0 Å². The summed E-state index contributed by atoms with van der Waals surface area (Å²) in [6, 6.07) is 10.4. The molecule has 0 amide bonds. The first-order chi connectivity index (χ1) is 15.3. The fourth-order valence-electron chi connectivity index (χ4n) is 3.43. The molecule has 0 aliphatic rings. The highest BCUT2D eigenvalue weighted by atomic mass is 31.2. The van der Waals surface area contributed by atoms with Crippen LogP contribution in [0.15, 0.2) is 54.9 Å². The van der Waals surface area contributed by atoms with E-state index in [4.69, 9.17) is 0 Å². The molecular weight excluding hydrogens is 437 g/mol. The Morgan fingerprint density at radius 1 is 1.09 bits per heavy atom. The van der Waals surface area contributed by atoms with Gasteiger partial charge in [-0.05, 0) is 42.0 Å². The number of pyridine rings is 1. The molecule has 1 atom stereocenters. The second-order valence-corrected chi connectivity index (χ2v) is 9.62. The molecule has 5 aromatic rings. The summed E-state index contributed by atoms with van der Waals surface area (Å²) in [5.74, 6) is -1.15. The Labute approximate surface area is 180 Å². The largest absolute Gasteiger partial charge is 0.341 e. The summed E-state index contributed by atoms with van der Waals surface area (Å²) in [6.45, 7) is 1.31. The summed E-state index contributed by atoms with van der Waals surface area (Å²) in [5, 5.41) is 8.67. The zero-order chi connectivity index (χ0) is 22.5. The molecule has 0 aliphatic carbocycles. The van der Waals surface area contributed by atoms with Crippen molar-refractivity contribution in [1.29, 1.82) is 0 Å². The normalized spacial score (nSPS) is 13.5. The zero-order valence-electron chi connectivity index (χ0n) is 16.6. The number of fused-ring (bicyclic) bond motifs is 2. The summed E-state index contributed by atoms with van der Waals surface area (Å²) >= 11 is 0. The molecule has 0 spiro atoms. The highest BCUT2D eigenvalue weighted by molar-refractivity contribution is 7.65. The summed E-state index contributed by atoms with van der Waals surface area (Å²) in [7, 11) is -3.59. The van der Waals surface area contributed by atoms with E-state index in [9.17, 15) is 18.2 Å². The van der Waals surface area contributed by atoms with Gasteiger partial charge in [0.1, 0.15) is 17.2 Å². The van der Waals surface area contributed by atoms with E-state index < -0.39 is 19.0 Å². The third-order valence-electron chi connectivity index (χ3n) is 4.99. The lowest BCUT2D eigenvalue weighted by molar-refractivity contribution is 0.496. The first-order valence-electron chi connectivity index (χ1n) is 9.50. The first kappa shape index (κ1) is 20.3. The number of hydrogen-bond acceptors (Lipinski definition) is 6. The van der Waals surface area contributed by atoms with E-state index in [-0.39, 0.29) is 34.3 Å². The van der Waals surface area contributed by atoms with Crippen LogP contribution in [0.3, 0.4) is 0 Å². The van der Waals surface area contributed by atoms with Crippen LogP contribution in [0.4, 0.5) is 8.78 Å². The minimum Gasteiger partial charge on any atom is -0.341 e. The van der Waals surface area contributed by atoms with E-state index in [2.05, 4.69) is 25.3 Å². The lowest BCUT2D eigenvalue weighted by Crippen LogP contribution is -2.06. The molecule has 0 radical (unpaired) electrons. The third-order valence-corrected chi connectivity index (χ3v) is 6.22. The molecule has 5 rings (SSSR count). The Hall–Kier alpha value is -3.62. The smallest absolute Gasteiger partial charge is 0.226 e. The number of halogens is 2. The summed E-state index contributed by atoms with van der Waals surface area (Å²) in [4.78, 5) is 22.3. The molecule has 3 aromatic heterocycles. The van der Waals surface area contributed by atoms with Crippen molar-refractivity contribution in [3.63, 3.8) is 0 Å². The Bertz CT molecular complexity index is 1550. The van der Waals surface area contributed by atoms with Crippen molar-refractivity contribution < 1.29 is 18.2 Å². The van der Waals surface area contributed by atoms with E-state index in [1.54, 1.807) is 18.2 Å². The molecule has 32 heavy (non-hydrogen) atoms. The average Bonchev–Trinajstić information content (AvgIpc) is 3.15. The van der Waals surface area contributed by atoms with E-state index in [1.165, 1.54) is 35.3 Å². The molecule has 2 aromatic carbocycles. The average molecular weight is 452 g/mol. The van der Waals surface area contributed by atoms with Crippen LogP contribution < -0.4 is 5.30 Å². The summed E-state index contributed by atoms with van der Waals surface area (Å²) in [5.41, 5.74) is 1.78. The van der Waals surface area contributed by atoms with E-state index in [1.807, 2.05) is 0 Å². The van der Waals surface area contributed by atoms with Crippen LogP contribution in [0.5, 0.6) is 0 Å². The van der Waals surface area contributed by atoms with Crippen molar-refractivity contribution in [3.8, 4) is 11.3 Å². The zero-order valence-corrected chi connectivity index (χ0v) is 17.5. The number of benzene rings is 2. The van der Waals surface area contributed by atoms with Crippen molar-refractivity contribution in [2.75, 3.05) is 6.66 Å². The molecule has 1 N–H and O–H groups in total. The maximum atomic E-state index is 14.6. The Morgan fingerprint density at radius 3 is 2.72 bits per heavy atom. The second-order valence-electron chi connectivity index (χ2n) is 7.35. The van der Waals surface area contributed by atoms with Crippen molar-refractivity contribution in [3.05, 3.63) is 72.1 Å².